The molecule has 0 atom stereocenters. The van der Waals surface area contributed by atoms with Gasteiger partial charge in [-0.25, -0.2) is 0 Å². The molecule has 0 heterocycles. The lowest BCUT2D eigenvalue weighted by Gasteiger charge is -2.15. The van der Waals surface area contributed by atoms with Gasteiger partial charge in [-0.1, -0.05) is 45.1 Å². The molecule has 1 aromatic rings. The zero-order valence-corrected chi connectivity index (χ0v) is 13.2. The highest BCUT2D eigenvalue weighted by molar-refractivity contribution is 8.28. The minimum absolute atomic E-state index is 0.946. The second-order valence-electron chi connectivity index (χ2n) is 5.18. The Morgan fingerprint density at radius 2 is 2.06 bits per heavy atom. The van der Waals surface area contributed by atoms with Gasteiger partial charge in [0.25, 0.3) is 0 Å². The van der Waals surface area contributed by atoms with Gasteiger partial charge in [0.15, 0.2) is 0 Å². The van der Waals surface area contributed by atoms with Crippen LogP contribution in [0.5, 0.6) is 0 Å². The maximum absolute atomic E-state index is 4.45. The first-order valence-corrected chi connectivity index (χ1v) is 11.3. The molecule has 0 saturated carbocycles. The molecule has 0 unspecified atom stereocenters. The molecular weight excluding hydrogens is 242 g/mol. The molecule has 1 rings (SSSR count). The summed E-state index contributed by atoms with van der Waals surface area (Å²) in [6.45, 7) is 10.3. The molecule has 0 amide bonds. The molecule has 3 heteroatoms. The Kier molecular flexibility index (Phi) is 5.99. The van der Waals surface area contributed by atoms with Crippen LogP contribution in [0.15, 0.2) is 34.2 Å². The van der Waals surface area contributed by atoms with Crippen molar-refractivity contribution in [3.63, 3.8) is 0 Å². The van der Waals surface area contributed by atoms with Crippen molar-refractivity contribution in [3.05, 3.63) is 29.8 Å². The van der Waals surface area contributed by atoms with Gasteiger partial charge >= 0.3 is 0 Å². The predicted octanol–water partition coefficient (Wildman–Crippen LogP) is 4.83. The second-order valence-corrected chi connectivity index (χ2v) is 14.4. The molecule has 94 valence electrons. The molecule has 0 bridgehead atoms. The molecule has 0 spiro atoms. The van der Waals surface area contributed by atoms with Crippen molar-refractivity contribution in [3.8, 4) is 0 Å². The first-order valence-electron chi connectivity index (χ1n) is 6.30. The van der Waals surface area contributed by atoms with Gasteiger partial charge < -0.3 is 0 Å². The largest absolute Gasteiger partial charge is 0.293 e. The number of benzene rings is 1. The highest BCUT2D eigenvalue weighted by Gasteiger charge is 2.14. The van der Waals surface area contributed by atoms with E-state index in [-0.39, 0.29) is 0 Å². The number of aliphatic imine (C=N–C) groups is 1. The van der Waals surface area contributed by atoms with Crippen molar-refractivity contribution in [2.45, 2.75) is 44.3 Å². The quantitative estimate of drug-likeness (QED) is 0.407. The van der Waals surface area contributed by atoms with Crippen molar-refractivity contribution in [1.82, 2.24) is 0 Å². The predicted molar refractivity (Wildman–Crippen MR) is 83.0 cm³/mol. The standard InChI is InChI=1S/C14H23NSSi/c1-5-6-10-15-12-13-8-7-9-14(11-13)16-17(2,3)4/h7-9,11-12H,5-6,10H2,1-4H3/b15-12-. The molecule has 0 radical (unpaired) electrons. The first-order chi connectivity index (χ1) is 8.01. The normalized spacial score (nSPS) is 12.2. The minimum atomic E-state index is -1.09. The van der Waals surface area contributed by atoms with E-state index in [1.165, 1.54) is 23.3 Å². The average Bonchev–Trinajstić information content (AvgIpc) is 2.23. The number of unbranched alkanes of at least 4 members (excludes halogenated alkanes) is 1. The molecule has 17 heavy (non-hydrogen) atoms. The summed E-state index contributed by atoms with van der Waals surface area (Å²) in [5, 5.41) is 0. The minimum Gasteiger partial charge on any atom is -0.293 e. The van der Waals surface area contributed by atoms with Gasteiger partial charge in [0, 0.05) is 17.7 Å². The summed E-state index contributed by atoms with van der Waals surface area (Å²) in [4.78, 5) is 5.82. The lowest BCUT2D eigenvalue weighted by atomic mass is 10.2. The Hall–Kier alpha value is -0.543. The van der Waals surface area contributed by atoms with Crippen molar-refractivity contribution in [2.24, 2.45) is 4.99 Å². The number of rotatable bonds is 6. The molecule has 1 nitrogen and oxygen atoms in total. The molecule has 0 aliphatic carbocycles. The third-order valence-corrected chi connectivity index (χ3v) is 5.81. The van der Waals surface area contributed by atoms with Gasteiger partial charge in [0.05, 0.1) is 0 Å². The molecule has 0 aliphatic heterocycles. The molecular formula is C14H23NSSi. The maximum atomic E-state index is 4.45. The summed E-state index contributed by atoms with van der Waals surface area (Å²) >= 11 is 2.04. The van der Waals surface area contributed by atoms with E-state index in [0.29, 0.717) is 0 Å². The van der Waals surface area contributed by atoms with Crippen molar-refractivity contribution < 1.29 is 0 Å². The van der Waals surface area contributed by atoms with Crippen molar-refractivity contribution in [2.75, 3.05) is 6.54 Å². The van der Waals surface area contributed by atoms with Crippen LogP contribution in [0.1, 0.15) is 25.3 Å². The number of hydrogen-bond acceptors (Lipinski definition) is 2. The van der Waals surface area contributed by atoms with E-state index in [2.05, 4.69) is 55.8 Å². The van der Waals surface area contributed by atoms with Gasteiger partial charge in [0.2, 0.25) is 0 Å². The molecule has 0 fully saturated rings. The fourth-order valence-corrected chi connectivity index (χ4v) is 4.98. The Bertz CT molecular complexity index is 369. The number of hydrogen-bond donors (Lipinski definition) is 0. The fraction of sp³-hybridized carbons (Fsp3) is 0.500. The van der Waals surface area contributed by atoms with E-state index in [1.54, 1.807) is 0 Å². The van der Waals surface area contributed by atoms with Gasteiger partial charge in [-0.2, -0.15) is 11.2 Å². The SMILES string of the molecule is CCCC/N=C\c1cccc(S[Si](C)(C)C)c1. The van der Waals surface area contributed by atoms with Gasteiger partial charge in [0.1, 0.15) is 7.22 Å². The van der Waals surface area contributed by atoms with Crippen LogP contribution in [-0.2, 0) is 0 Å². The van der Waals surface area contributed by atoms with E-state index >= 15 is 0 Å². The highest BCUT2D eigenvalue weighted by atomic mass is 32.4. The Balaban J connectivity index is 2.63. The van der Waals surface area contributed by atoms with E-state index in [1.807, 2.05) is 17.4 Å². The van der Waals surface area contributed by atoms with Crippen LogP contribution in [-0.4, -0.2) is 20.0 Å². The van der Waals surface area contributed by atoms with Crippen LogP contribution >= 0.6 is 11.2 Å². The summed E-state index contributed by atoms with van der Waals surface area (Å²) in [6.07, 6.45) is 4.40. The lowest BCUT2D eigenvalue weighted by molar-refractivity contribution is 0.810. The maximum Gasteiger partial charge on any atom is 0.114 e. The van der Waals surface area contributed by atoms with Gasteiger partial charge in [-0.05, 0) is 24.1 Å². The topological polar surface area (TPSA) is 12.4 Å². The van der Waals surface area contributed by atoms with E-state index in [9.17, 15) is 0 Å². The molecule has 0 aromatic heterocycles. The van der Waals surface area contributed by atoms with Crippen LogP contribution < -0.4 is 0 Å². The molecule has 0 aliphatic rings. The van der Waals surface area contributed by atoms with Crippen molar-refractivity contribution in [1.29, 1.82) is 0 Å². The first kappa shape index (κ1) is 14.5. The van der Waals surface area contributed by atoms with E-state index in [0.717, 1.165) is 6.54 Å². The fourth-order valence-electron chi connectivity index (χ4n) is 1.43. The van der Waals surface area contributed by atoms with Crippen LogP contribution in [0, 0.1) is 0 Å². The Labute approximate surface area is 110 Å². The second kappa shape index (κ2) is 7.02. The Morgan fingerprint density at radius 1 is 1.29 bits per heavy atom. The summed E-state index contributed by atoms with van der Waals surface area (Å²) in [5.74, 6) is 0. The van der Waals surface area contributed by atoms with Crippen LogP contribution in [0.25, 0.3) is 0 Å². The Morgan fingerprint density at radius 3 is 2.71 bits per heavy atom. The summed E-state index contributed by atoms with van der Waals surface area (Å²) < 4.78 is 0. The summed E-state index contributed by atoms with van der Waals surface area (Å²) in [7, 11) is -1.09. The molecule has 1 aromatic carbocycles. The zero-order chi connectivity index (χ0) is 12.7. The van der Waals surface area contributed by atoms with Gasteiger partial charge in [-0.15, -0.1) is 0 Å². The van der Waals surface area contributed by atoms with Crippen LogP contribution in [0.4, 0.5) is 0 Å². The van der Waals surface area contributed by atoms with Gasteiger partial charge in [-0.3, -0.25) is 4.99 Å². The van der Waals surface area contributed by atoms with Crippen LogP contribution in [0.3, 0.4) is 0 Å². The lowest BCUT2D eigenvalue weighted by Crippen LogP contribution is -2.13. The van der Waals surface area contributed by atoms with E-state index < -0.39 is 7.22 Å². The zero-order valence-electron chi connectivity index (χ0n) is 11.4. The average molecular weight is 265 g/mol. The van der Waals surface area contributed by atoms with Crippen LogP contribution in [0.2, 0.25) is 19.6 Å². The van der Waals surface area contributed by atoms with Crippen molar-refractivity contribution >= 4 is 24.6 Å². The summed E-state index contributed by atoms with van der Waals surface area (Å²) in [6, 6.07) is 8.71. The highest BCUT2D eigenvalue weighted by Crippen LogP contribution is 2.28. The van der Waals surface area contributed by atoms with E-state index in [4.69, 9.17) is 0 Å². The molecule has 0 N–H and O–H groups in total. The summed E-state index contributed by atoms with van der Waals surface area (Å²) in [5.41, 5.74) is 1.23. The monoisotopic (exact) mass is 265 g/mol. The third-order valence-electron chi connectivity index (χ3n) is 2.16. The number of nitrogens with zero attached hydrogens (tertiary/aromatic N) is 1. The molecule has 0 saturated heterocycles. The smallest absolute Gasteiger partial charge is 0.114 e. The third kappa shape index (κ3) is 6.69.